The maximum absolute atomic E-state index is 13.1. The molecule has 0 radical (unpaired) electrons. The molecule has 0 saturated carbocycles. The minimum atomic E-state index is -0.284. The average molecular weight is 364 g/mol. The molecule has 26 heavy (non-hydrogen) atoms. The summed E-state index contributed by atoms with van der Waals surface area (Å²) in [5.41, 5.74) is 3.41. The van der Waals surface area contributed by atoms with Gasteiger partial charge < -0.3 is 4.52 Å². The van der Waals surface area contributed by atoms with Crippen LogP contribution in [0.25, 0.3) is 10.2 Å². The summed E-state index contributed by atoms with van der Waals surface area (Å²) in [6, 6.07) is 13.3. The molecule has 6 nitrogen and oxygen atoms in total. The summed E-state index contributed by atoms with van der Waals surface area (Å²) >= 11 is 1.47. The molecule has 3 heterocycles. The summed E-state index contributed by atoms with van der Waals surface area (Å²) in [4.78, 5) is 23.7. The molecule has 0 atom stereocenters. The van der Waals surface area contributed by atoms with Crippen molar-refractivity contribution >= 4 is 32.6 Å². The molecule has 7 heteroatoms. The zero-order valence-electron chi connectivity index (χ0n) is 14.3. The Morgan fingerprint density at radius 3 is 2.77 bits per heavy atom. The number of aryl methyl sites for hydroxylation is 2. The van der Waals surface area contributed by atoms with Gasteiger partial charge in [-0.05, 0) is 37.6 Å². The number of hydrogen-bond acceptors (Lipinski definition) is 6. The zero-order chi connectivity index (χ0) is 18.1. The van der Waals surface area contributed by atoms with Gasteiger partial charge >= 0.3 is 0 Å². The molecule has 0 fully saturated rings. The van der Waals surface area contributed by atoms with Gasteiger partial charge in [-0.1, -0.05) is 34.7 Å². The molecule has 0 bridgehead atoms. The summed E-state index contributed by atoms with van der Waals surface area (Å²) in [5.74, 6) is -0.0950. The Hall–Kier alpha value is -3.06. The maximum Gasteiger partial charge on any atom is 0.299 e. The number of carbonyl (C=O) groups is 1. The molecule has 0 aliphatic rings. The van der Waals surface area contributed by atoms with E-state index >= 15 is 0 Å². The predicted octanol–water partition coefficient (Wildman–Crippen LogP) is 4.14. The average Bonchev–Trinajstić information content (AvgIpc) is 3.27. The van der Waals surface area contributed by atoms with Crippen molar-refractivity contribution in [1.29, 1.82) is 0 Å². The van der Waals surface area contributed by atoms with Crippen molar-refractivity contribution in [3.63, 3.8) is 0 Å². The topological polar surface area (TPSA) is 72.1 Å². The second kappa shape index (κ2) is 6.68. The van der Waals surface area contributed by atoms with E-state index < -0.39 is 0 Å². The fraction of sp³-hybridized carbons (Fsp3) is 0.158. The number of carbonyl (C=O) groups excluding carboxylic acids is 1. The lowest BCUT2D eigenvalue weighted by Crippen LogP contribution is -2.30. The van der Waals surface area contributed by atoms with E-state index in [-0.39, 0.29) is 11.7 Å². The van der Waals surface area contributed by atoms with Crippen LogP contribution >= 0.6 is 11.3 Å². The third-order valence-corrected chi connectivity index (χ3v) is 5.01. The Bertz CT molecular complexity index is 1070. The highest BCUT2D eigenvalue weighted by Crippen LogP contribution is 2.32. The van der Waals surface area contributed by atoms with Crippen molar-refractivity contribution in [2.75, 3.05) is 4.90 Å². The Morgan fingerprint density at radius 2 is 2.08 bits per heavy atom. The lowest BCUT2D eigenvalue weighted by atomic mass is 10.2. The standard InChI is InChI=1S/C19H16N4O2S/c1-12-6-5-8-16-17(12)21-19(26-16)23(11-14-7-3-4-9-20-14)18(24)15-10-13(2)22-25-15/h3-10H,11H2,1-2H3. The number of rotatable bonds is 4. The van der Waals surface area contributed by atoms with Crippen LogP contribution in [-0.2, 0) is 6.54 Å². The molecule has 130 valence electrons. The van der Waals surface area contributed by atoms with Gasteiger partial charge in [-0.3, -0.25) is 14.7 Å². The van der Waals surface area contributed by atoms with Crippen LogP contribution in [0.1, 0.15) is 27.5 Å². The number of hydrogen-bond donors (Lipinski definition) is 0. The van der Waals surface area contributed by atoms with E-state index in [1.165, 1.54) is 11.3 Å². The number of amides is 1. The second-order valence-corrected chi connectivity index (χ2v) is 6.97. The van der Waals surface area contributed by atoms with E-state index in [2.05, 4.69) is 10.1 Å². The van der Waals surface area contributed by atoms with Crippen LogP contribution in [-0.4, -0.2) is 21.0 Å². The van der Waals surface area contributed by atoms with Crippen LogP contribution in [0.2, 0.25) is 0 Å². The van der Waals surface area contributed by atoms with Crippen molar-refractivity contribution in [2.45, 2.75) is 20.4 Å². The van der Waals surface area contributed by atoms with Crippen molar-refractivity contribution in [2.24, 2.45) is 0 Å². The molecule has 0 aliphatic carbocycles. The molecule has 4 rings (SSSR count). The molecule has 0 saturated heterocycles. The van der Waals surface area contributed by atoms with Crippen molar-refractivity contribution in [3.8, 4) is 0 Å². The summed E-state index contributed by atoms with van der Waals surface area (Å²) in [6.45, 7) is 4.10. The summed E-state index contributed by atoms with van der Waals surface area (Å²) in [7, 11) is 0. The van der Waals surface area contributed by atoms with Crippen LogP contribution in [0.3, 0.4) is 0 Å². The monoisotopic (exact) mass is 364 g/mol. The van der Waals surface area contributed by atoms with E-state index in [4.69, 9.17) is 9.51 Å². The SMILES string of the molecule is Cc1cc(C(=O)N(Cc2ccccn2)c2nc3c(C)cccc3s2)on1. The maximum atomic E-state index is 13.1. The summed E-state index contributed by atoms with van der Waals surface area (Å²) in [6.07, 6.45) is 1.71. The van der Waals surface area contributed by atoms with Crippen LogP contribution in [0.4, 0.5) is 5.13 Å². The first kappa shape index (κ1) is 16.4. The lowest BCUT2D eigenvalue weighted by molar-refractivity contribution is 0.0949. The van der Waals surface area contributed by atoms with E-state index in [1.807, 2.05) is 43.3 Å². The number of anilines is 1. The molecule has 4 aromatic rings. The van der Waals surface area contributed by atoms with Crippen LogP contribution in [0.5, 0.6) is 0 Å². The minimum Gasteiger partial charge on any atom is -0.351 e. The minimum absolute atomic E-state index is 0.189. The number of nitrogens with zero attached hydrogens (tertiary/aromatic N) is 4. The molecule has 0 spiro atoms. The van der Waals surface area contributed by atoms with E-state index in [9.17, 15) is 4.79 Å². The van der Waals surface area contributed by atoms with Gasteiger partial charge in [0.05, 0.1) is 28.1 Å². The van der Waals surface area contributed by atoms with Crippen molar-refractivity contribution < 1.29 is 9.32 Å². The Balaban J connectivity index is 1.78. The predicted molar refractivity (Wildman–Crippen MR) is 100 cm³/mol. The zero-order valence-corrected chi connectivity index (χ0v) is 15.2. The molecular formula is C19H16N4O2S. The van der Waals surface area contributed by atoms with Gasteiger partial charge in [0, 0.05) is 12.3 Å². The second-order valence-electron chi connectivity index (χ2n) is 5.96. The van der Waals surface area contributed by atoms with E-state index in [0.717, 1.165) is 21.5 Å². The number of thiazole rings is 1. The first-order valence-electron chi connectivity index (χ1n) is 8.13. The summed E-state index contributed by atoms with van der Waals surface area (Å²) in [5, 5.41) is 4.43. The Morgan fingerprint density at radius 1 is 1.19 bits per heavy atom. The third-order valence-electron chi connectivity index (χ3n) is 3.97. The van der Waals surface area contributed by atoms with Crippen molar-refractivity contribution in [3.05, 3.63) is 71.4 Å². The first-order chi connectivity index (χ1) is 12.6. The number of fused-ring (bicyclic) bond motifs is 1. The third kappa shape index (κ3) is 3.09. The molecule has 0 unspecified atom stereocenters. The fourth-order valence-corrected chi connectivity index (χ4v) is 3.71. The molecule has 0 N–H and O–H groups in total. The van der Waals surface area contributed by atoms with Gasteiger partial charge in [0.15, 0.2) is 5.13 Å². The van der Waals surface area contributed by atoms with Gasteiger partial charge in [0.25, 0.3) is 5.91 Å². The fourth-order valence-electron chi connectivity index (χ4n) is 2.67. The summed E-state index contributed by atoms with van der Waals surface area (Å²) < 4.78 is 6.21. The molecule has 3 aromatic heterocycles. The van der Waals surface area contributed by atoms with Gasteiger partial charge in [0.2, 0.25) is 5.76 Å². The quantitative estimate of drug-likeness (QED) is 0.544. The highest BCUT2D eigenvalue weighted by Gasteiger charge is 2.25. The molecule has 1 amide bonds. The van der Waals surface area contributed by atoms with Gasteiger partial charge in [-0.15, -0.1) is 0 Å². The molecule has 1 aromatic carbocycles. The van der Waals surface area contributed by atoms with E-state index in [0.29, 0.717) is 17.4 Å². The van der Waals surface area contributed by atoms with Gasteiger partial charge in [-0.2, -0.15) is 0 Å². The molecule has 0 aliphatic heterocycles. The van der Waals surface area contributed by atoms with Gasteiger partial charge in [0.1, 0.15) is 0 Å². The number of aromatic nitrogens is 3. The normalized spacial score (nSPS) is 11.0. The number of benzene rings is 1. The van der Waals surface area contributed by atoms with Crippen LogP contribution in [0.15, 0.2) is 53.2 Å². The lowest BCUT2D eigenvalue weighted by Gasteiger charge is -2.17. The van der Waals surface area contributed by atoms with Gasteiger partial charge in [-0.25, -0.2) is 4.98 Å². The molecular weight excluding hydrogens is 348 g/mol. The Labute approximate surface area is 154 Å². The highest BCUT2D eigenvalue weighted by molar-refractivity contribution is 7.22. The van der Waals surface area contributed by atoms with E-state index in [1.54, 1.807) is 24.1 Å². The Kier molecular flexibility index (Phi) is 4.22. The van der Waals surface area contributed by atoms with Crippen molar-refractivity contribution in [1.82, 2.24) is 15.1 Å². The number of para-hydroxylation sites is 1. The largest absolute Gasteiger partial charge is 0.351 e. The van der Waals surface area contributed by atoms with Crippen LogP contribution in [0, 0.1) is 13.8 Å². The number of pyridine rings is 1. The van der Waals surface area contributed by atoms with Crippen LogP contribution < -0.4 is 4.90 Å². The first-order valence-corrected chi connectivity index (χ1v) is 8.95. The smallest absolute Gasteiger partial charge is 0.299 e. The highest BCUT2D eigenvalue weighted by atomic mass is 32.1.